The van der Waals surface area contributed by atoms with Crippen molar-refractivity contribution in [3.63, 3.8) is 0 Å². The van der Waals surface area contributed by atoms with Crippen molar-refractivity contribution in [2.75, 3.05) is 12.0 Å². The minimum absolute atomic E-state index is 0.0711. The van der Waals surface area contributed by atoms with Crippen LogP contribution in [0.2, 0.25) is 0 Å². The molecule has 12 heteroatoms. The first kappa shape index (κ1) is 30.4. The van der Waals surface area contributed by atoms with E-state index in [9.17, 15) is 24.3 Å². The molecule has 0 aliphatic rings. The Morgan fingerprint density at radius 3 is 2.06 bits per heavy atom. The van der Waals surface area contributed by atoms with Gasteiger partial charge in [0, 0.05) is 18.3 Å². The lowest BCUT2D eigenvalue weighted by Crippen LogP contribution is -2.58. The summed E-state index contributed by atoms with van der Waals surface area (Å²) in [6.07, 6.45) is 5.94. The zero-order chi connectivity index (χ0) is 26.5. The summed E-state index contributed by atoms with van der Waals surface area (Å²) >= 11 is 1.47. The number of carbonyl (C=O) groups is 4. The lowest BCUT2D eigenvalue weighted by Gasteiger charge is -2.26. The van der Waals surface area contributed by atoms with Crippen LogP contribution in [0.5, 0.6) is 0 Å². The van der Waals surface area contributed by atoms with Gasteiger partial charge in [-0.1, -0.05) is 27.7 Å². The largest absolute Gasteiger partial charge is 0.480 e. The molecule has 0 aliphatic heterocycles. The van der Waals surface area contributed by atoms with Crippen LogP contribution >= 0.6 is 11.8 Å². The molecule has 35 heavy (non-hydrogen) atoms. The van der Waals surface area contributed by atoms with Crippen molar-refractivity contribution in [2.45, 2.75) is 77.5 Å². The van der Waals surface area contributed by atoms with E-state index < -0.39 is 47.9 Å². The second-order valence-electron chi connectivity index (χ2n) is 9.45. The summed E-state index contributed by atoms with van der Waals surface area (Å²) in [5, 5.41) is 17.4. The van der Waals surface area contributed by atoms with E-state index in [2.05, 4.69) is 25.9 Å². The molecule has 0 saturated carbocycles. The monoisotopic (exact) mass is 512 g/mol. The lowest BCUT2D eigenvalue weighted by molar-refractivity contribution is -0.142. The Bertz CT molecular complexity index is 817. The fourth-order valence-electron chi connectivity index (χ4n) is 3.46. The molecule has 0 saturated heterocycles. The van der Waals surface area contributed by atoms with Crippen LogP contribution in [0.1, 0.15) is 52.7 Å². The van der Waals surface area contributed by atoms with Gasteiger partial charge in [0.25, 0.3) is 0 Å². The van der Waals surface area contributed by atoms with E-state index in [4.69, 9.17) is 5.73 Å². The van der Waals surface area contributed by atoms with Gasteiger partial charge in [0.15, 0.2) is 0 Å². The predicted octanol–water partition coefficient (Wildman–Crippen LogP) is 0.664. The number of nitrogens with two attached hydrogens (primary N) is 1. The zero-order valence-electron chi connectivity index (χ0n) is 21.2. The topological polar surface area (TPSA) is 179 Å². The molecule has 3 amide bonds. The number of carboxylic acid groups (broad SMARTS) is 1. The van der Waals surface area contributed by atoms with Crippen molar-refractivity contribution in [3.8, 4) is 0 Å². The molecule has 0 spiro atoms. The summed E-state index contributed by atoms with van der Waals surface area (Å²) in [6.45, 7) is 7.73. The molecule has 0 bridgehead atoms. The molecule has 11 nitrogen and oxygen atoms in total. The highest BCUT2D eigenvalue weighted by Gasteiger charge is 2.31. The molecule has 7 N–H and O–H groups in total. The van der Waals surface area contributed by atoms with E-state index in [1.165, 1.54) is 24.3 Å². The fourth-order valence-corrected chi connectivity index (χ4v) is 3.93. The van der Waals surface area contributed by atoms with Gasteiger partial charge >= 0.3 is 5.97 Å². The second kappa shape index (κ2) is 15.4. The Labute approximate surface area is 211 Å². The van der Waals surface area contributed by atoms with Gasteiger partial charge in [-0.05, 0) is 43.1 Å². The number of imidazole rings is 1. The molecule has 1 rings (SSSR count). The third-order valence-corrected chi connectivity index (χ3v) is 5.88. The highest BCUT2D eigenvalue weighted by molar-refractivity contribution is 7.98. The minimum atomic E-state index is -1.15. The van der Waals surface area contributed by atoms with Crippen molar-refractivity contribution < 1.29 is 24.3 Å². The third kappa shape index (κ3) is 11.6. The Kier molecular flexibility index (Phi) is 13.4. The van der Waals surface area contributed by atoms with E-state index >= 15 is 0 Å². The SMILES string of the molecule is CSCCC(NC(=O)C(Cc1cnc[nH]1)NC(=O)C(CC(C)C)NC(=O)C(N)CC(C)C)C(=O)O. The number of nitrogens with zero attached hydrogens (tertiary/aromatic N) is 1. The van der Waals surface area contributed by atoms with Crippen molar-refractivity contribution in [1.29, 1.82) is 0 Å². The van der Waals surface area contributed by atoms with Gasteiger partial charge in [0.1, 0.15) is 18.1 Å². The summed E-state index contributed by atoms with van der Waals surface area (Å²) < 4.78 is 0. The lowest BCUT2D eigenvalue weighted by atomic mass is 10.00. The number of hydrogen-bond donors (Lipinski definition) is 6. The predicted molar refractivity (Wildman–Crippen MR) is 136 cm³/mol. The average Bonchev–Trinajstić information content (AvgIpc) is 3.27. The van der Waals surface area contributed by atoms with Gasteiger partial charge in [0.05, 0.1) is 12.4 Å². The summed E-state index contributed by atoms with van der Waals surface area (Å²) in [5.74, 6) is -1.92. The van der Waals surface area contributed by atoms with E-state index in [0.29, 0.717) is 24.3 Å². The summed E-state index contributed by atoms with van der Waals surface area (Å²) in [4.78, 5) is 57.3. The Hall–Kier alpha value is -2.60. The highest BCUT2D eigenvalue weighted by atomic mass is 32.2. The number of aromatic nitrogens is 2. The molecule has 198 valence electrons. The zero-order valence-corrected chi connectivity index (χ0v) is 22.0. The van der Waals surface area contributed by atoms with Crippen LogP contribution < -0.4 is 21.7 Å². The van der Waals surface area contributed by atoms with Gasteiger partial charge in [-0.3, -0.25) is 14.4 Å². The van der Waals surface area contributed by atoms with Crippen LogP contribution in [0.15, 0.2) is 12.5 Å². The molecular formula is C23H40N6O5S. The smallest absolute Gasteiger partial charge is 0.326 e. The van der Waals surface area contributed by atoms with E-state index in [-0.39, 0.29) is 24.7 Å². The van der Waals surface area contributed by atoms with Crippen molar-refractivity contribution in [3.05, 3.63) is 18.2 Å². The molecule has 1 aromatic heterocycles. The van der Waals surface area contributed by atoms with Crippen LogP contribution in [-0.2, 0) is 25.6 Å². The minimum Gasteiger partial charge on any atom is -0.480 e. The Morgan fingerprint density at radius 2 is 1.54 bits per heavy atom. The maximum atomic E-state index is 13.2. The van der Waals surface area contributed by atoms with E-state index in [1.807, 2.05) is 34.0 Å². The standard InChI is InChI=1S/C23H40N6O5S/c1-13(2)8-16(24)20(30)28-18(9-14(3)4)21(31)29-19(10-15-11-25-12-26-15)22(32)27-17(23(33)34)6-7-35-5/h11-14,16-19H,6-10,24H2,1-5H3,(H,25,26)(H,27,32)(H,28,30)(H,29,31)(H,33,34). The summed E-state index contributed by atoms with van der Waals surface area (Å²) in [7, 11) is 0. The van der Waals surface area contributed by atoms with Crippen LogP contribution in [0.4, 0.5) is 0 Å². The average molecular weight is 513 g/mol. The Morgan fingerprint density at radius 1 is 0.971 bits per heavy atom. The number of aromatic amines is 1. The first-order valence-corrected chi connectivity index (χ1v) is 13.2. The van der Waals surface area contributed by atoms with Gasteiger partial charge in [-0.2, -0.15) is 11.8 Å². The summed E-state index contributed by atoms with van der Waals surface area (Å²) in [6, 6.07) is -3.81. The van der Waals surface area contributed by atoms with Crippen molar-refractivity contribution in [2.24, 2.45) is 17.6 Å². The van der Waals surface area contributed by atoms with Crippen LogP contribution in [0, 0.1) is 11.8 Å². The molecular weight excluding hydrogens is 472 g/mol. The number of H-pyrrole nitrogens is 1. The van der Waals surface area contributed by atoms with E-state index in [1.54, 1.807) is 0 Å². The number of carbonyl (C=O) groups excluding carboxylic acids is 3. The highest BCUT2D eigenvalue weighted by Crippen LogP contribution is 2.09. The number of rotatable bonds is 16. The van der Waals surface area contributed by atoms with Gasteiger partial charge in [-0.25, -0.2) is 9.78 Å². The number of carboxylic acids is 1. The quantitative estimate of drug-likeness (QED) is 0.187. The maximum Gasteiger partial charge on any atom is 0.326 e. The van der Waals surface area contributed by atoms with Crippen LogP contribution in [-0.4, -0.2) is 74.9 Å². The molecule has 0 fully saturated rings. The molecule has 1 aromatic rings. The third-order valence-electron chi connectivity index (χ3n) is 5.24. The van der Waals surface area contributed by atoms with Crippen molar-refractivity contribution >= 4 is 35.5 Å². The molecule has 4 unspecified atom stereocenters. The number of nitrogens with one attached hydrogen (secondary N) is 4. The first-order chi connectivity index (χ1) is 16.4. The van der Waals surface area contributed by atoms with Gasteiger partial charge < -0.3 is 31.8 Å². The number of amides is 3. The molecule has 1 heterocycles. The molecule has 0 aliphatic carbocycles. The van der Waals surface area contributed by atoms with Crippen LogP contribution in [0.3, 0.4) is 0 Å². The normalized spacial score (nSPS) is 14.7. The number of thioether (sulfide) groups is 1. The number of aliphatic carboxylic acids is 1. The Balaban J connectivity index is 3.03. The maximum absolute atomic E-state index is 13.2. The summed E-state index contributed by atoms with van der Waals surface area (Å²) in [5.41, 5.74) is 6.57. The van der Waals surface area contributed by atoms with Crippen LogP contribution in [0.25, 0.3) is 0 Å². The molecule has 0 aromatic carbocycles. The fraction of sp³-hybridized carbons (Fsp3) is 0.696. The first-order valence-electron chi connectivity index (χ1n) is 11.8. The second-order valence-corrected chi connectivity index (χ2v) is 10.4. The van der Waals surface area contributed by atoms with Gasteiger partial charge in [0.2, 0.25) is 17.7 Å². The van der Waals surface area contributed by atoms with Crippen molar-refractivity contribution in [1.82, 2.24) is 25.9 Å². The van der Waals surface area contributed by atoms with Gasteiger partial charge in [-0.15, -0.1) is 0 Å². The number of hydrogen-bond acceptors (Lipinski definition) is 7. The molecule has 0 radical (unpaired) electrons. The van der Waals surface area contributed by atoms with E-state index in [0.717, 1.165) is 0 Å². The molecule has 4 atom stereocenters.